The summed E-state index contributed by atoms with van der Waals surface area (Å²) >= 11 is 0. The highest BCUT2D eigenvalue weighted by Crippen LogP contribution is 2.11. The molecule has 0 aliphatic heterocycles. The van der Waals surface area contributed by atoms with Crippen LogP contribution in [0.5, 0.6) is 0 Å². The molecule has 0 radical (unpaired) electrons. The van der Waals surface area contributed by atoms with Crippen LogP contribution >= 0.6 is 0 Å². The van der Waals surface area contributed by atoms with Crippen molar-refractivity contribution in [2.75, 3.05) is 40.4 Å². The molecule has 0 unspecified atom stereocenters. The standard InChI is InChI=1S/C15H26N2O/c1-13-6-5-7-15(14(13)2)12-16-8-10-18-11-9-17(3)4/h5-7,16H,8-12H2,1-4H3. The number of likely N-dealkylation sites (N-methyl/N-ethyl adjacent to an activating group) is 1. The van der Waals surface area contributed by atoms with Crippen LogP contribution in [-0.2, 0) is 11.3 Å². The van der Waals surface area contributed by atoms with E-state index in [1.54, 1.807) is 0 Å². The highest BCUT2D eigenvalue weighted by atomic mass is 16.5. The summed E-state index contributed by atoms with van der Waals surface area (Å²) in [6.45, 7) is 8.72. The first-order valence-corrected chi connectivity index (χ1v) is 6.59. The Bertz CT molecular complexity index is 350. The van der Waals surface area contributed by atoms with Gasteiger partial charge in [-0.15, -0.1) is 0 Å². The van der Waals surface area contributed by atoms with Gasteiger partial charge in [0.1, 0.15) is 0 Å². The quantitative estimate of drug-likeness (QED) is 0.714. The second-order valence-corrected chi connectivity index (χ2v) is 4.95. The van der Waals surface area contributed by atoms with E-state index in [-0.39, 0.29) is 0 Å². The van der Waals surface area contributed by atoms with Crippen molar-refractivity contribution in [3.05, 3.63) is 34.9 Å². The van der Waals surface area contributed by atoms with Crippen LogP contribution in [0.3, 0.4) is 0 Å². The minimum absolute atomic E-state index is 0.776. The van der Waals surface area contributed by atoms with Crippen LogP contribution in [-0.4, -0.2) is 45.3 Å². The molecular weight excluding hydrogens is 224 g/mol. The second-order valence-electron chi connectivity index (χ2n) is 4.95. The van der Waals surface area contributed by atoms with Crippen molar-refractivity contribution < 1.29 is 4.74 Å². The van der Waals surface area contributed by atoms with Gasteiger partial charge < -0.3 is 15.0 Å². The van der Waals surface area contributed by atoms with Gasteiger partial charge in [-0.25, -0.2) is 0 Å². The van der Waals surface area contributed by atoms with Crippen LogP contribution in [0.2, 0.25) is 0 Å². The average Bonchev–Trinajstić information content (AvgIpc) is 2.32. The summed E-state index contributed by atoms with van der Waals surface area (Å²) in [5.74, 6) is 0. The highest BCUT2D eigenvalue weighted by Gasteiger charge is 1.99. The lowest BCUT2D eigenvalue weighted by molar-refractivity contribution is 0.119. The first kappa shape index (κ1) is 15.2. The molecule has 0 heterocycles. The summed E-state index contributed by atoms with van der Waals surface area (Å²) in [5.41, 5.74) is 4.12. The molecule has 0 fully saturated rings. The number of benzene rings is 1. The molecule has 0 amide bonds. The van der Waals surface area contributed by atoms with Gasteiger partial charge in [0.15, 0.2) is 0 Å². The van der Waals surface area contributed by atoms with Crippen LogP contribution in [0, 0.1) is 13.8 Å². The number of aryl methyl sites for hydroxylation is 1. The summed E-state index contributed by atoms with van der Waals surface area (Å²) < 4.78 is 5.53. The second kappa shape index (κ2) is 8.25. The van der Waals surface area contributed by atoms with Gasteiger partial charge in [-0.3, -0.25) is 0 Å². The maximum absolute atomic E-state index is 5.53. The van der Waals surface area contributed by atoms with Gasteiger partial charge >= 0.3 is 0 Å². The number of nitrogens with one attached hydrogen (secondary N) is 1. The van der Waals surface area contributed by atoms with Crippen molar-refractivity contribution >= 4 is 0 Å². The van der Waals surface area contributed by atoms with Crippen LogP contribution in [0.15, 0.2) is 18.2 Å². The molecule has 1 N–H and O–H groups in total. The predicted molar refractivity (Wildman–Crippen MR) is 77.0 cm³/mol. The van der Waals surface area contributed by atoms with E-state index < -0.39 is 0 Å². The predicted octanol–water partition coefficient (Wildman–Crippen LogP) is 1.97. The smallest absolute Gasteiger partial charge is 0.0593 e. The van der Waals surface area contributed by atoms with Gasteiger partial charge in [-0.05, 0) is 44.6 Å². The monoisotopic (exact) mass is 250 g/mol. The first-order valence-electron chi connectivity index (χ1n) is 6.59. The van der Waals surface area contributed by atoms with Crippen molar-refractivity contribution in [3.63, 3.8) is 0 Å². The van der Waals surface area contributed by atoms with E-state index in [9.17, 15) is 0 Å². The summed E-state index contributed by atoms with van der Waals surface area (Å²) in [4.78, 5) is 2.13. The molecule has 3 heteroatoms. The Balaban J connectivity index is 2.13. The van der Waals surface area contributed by atoms with Gasteiger partial charge in [-0.1, -0.05) is 18.2 Å². The molecule has 0 spiro atoms. The van der Waals surface area contributed by atoms with Gasteiger partial charge in [0.25, 0.3) is 0 Å². The third-order valence-corrected chi connectivity index (χ3v) is 3.14. The van der Waals surface area contributed by atoms with Crippen molar-refractivity contribution in [2.24, 2.45) is 0 Å². The summed E-state index contributed by atoms with van der Waals surface area (Å²) in [6.07, 6.45) is 0. The Morgan fingerprint density at radius 3 is 2.67 bits per heavy atom. The Hall–Kier alpha value is -0.900. The summed E-state index contributed by atoms with van der Waals surface area (Å²) in [5, 5.41) is 3.42. The van der Waals surface area contributed by atoms with Crippen LogP contribution < -0.4 is 5.32 Å². The molecule has 3 nitrogen and oxygen atoms in total. The SMILES string of the molecule is Cc1cccc(CNCCOCCN(C)C)c1C. The normalized spacial score (nSPS) is 11.2. The zero-order chi connectivity index (χ0) is 13.4. The van der Waals surface area contributed by atoms with E-state index in [0.29, 0.717) is 0 Å². The molecule has 0 aromatic heterocycles. The van der Waals surface area contributed by atoms with E-state index in [2.05, 4.69) is 56.4 Å². The van der Waals surface area contributed by atoms with Crippen LogP contribution in [0.25, 0.3) is 0 Å². The Morgan fingerprint density at radius 2 is 1.94 bits per heavy atom. The molecule has 0 saturated heterocycles. The first-order chi connectivity index (χ1) is 8.61. The van der Waals surface area contributed by atoms with E-state index in [0.717, 1.165) is 32.8 Å². The van der Waals surface area contributed by atoms with Crippen molar-refractivity contribution in [1.29, 1.82) is 0 Å². The maximum Gasteiger partial charge on any atom is 0.0593 e. The summed E-state index contributed by atoms with van der Waals surface area (Å²) in [6, 6.07) is 6.46. The molecule has 0 aliphatic carbocycles. The largest absolute Gasteiger partial charge is 0.379 e. The lowest BCUT2D eigenvalue weighted by Crippen LogP contribution is -2.23. The molecule has 1 aromatic rings. The molecule has 0 bridgehead atoms. The van der Waals surface area contributed by atoms with Crippen molar-refractivity contribution in [2.45, 2.75) is 20.4 Å². The van der Waals surface area contributed by atoms with Crippen LogP contribution in [0.4, 0.5) is 0 Å². The van der Waals surface area contributed by atoms with E-state index in [4.69, 9.17) is 4.74 Å². The van der Waals surface area contributed by atoms with Crippen LogP contribution in [0.1, 0.15) is 16.7 Å². The molecule has 0 aliphatic rings. The molecule has 1 rings (SSSR count). The number of hydrogen-bond acceptors (Lipinski definition) is 3. The third-order valence-electron chi connectivity index (χ3n) is 3.14. The Labute approximate surface area is 111 Å². The molecule has 0 atom stereocenters. The number of ether oxygens (including phenoxy) is 1. The fourth-order valence-corrected chi connectivity index (χ4v) is 1.72. The fraction of sp³-hybridized carbons (Fsp3) is 0.600. The molecule has 0 saturated carbocycles. The van der Waals surface area contributed by atoms with E-state index in [1.165, 1.54) is 16.7 Å². The lowest BCUT2D eigenvalue weighted by Gasteiger charge is -2.11. The van der Waals surface area contributed by atoms with Crippen molar-refractivity contribution in [1.82, 2.24) is 10.2 Å². The summed E-state index contributed by atoms with van der Waals surface area (Å²) in [7, 11) is 4.12. The topological polar surface area (TPSA) is 24.5 Å². The minimum atomic E-state index is 0.776. The zero-order valence-corrected chi connectivity index (χ0v) is 12.1. The van der Waals surface area contributed by atoms with Gasteiger partial charge in [0.2, 0.25) is 0 Å². The number of hydrogen-bond donors (Lipinski definition) is 1. The molecule has 1 aromatic carbocycles. The molecule has 18 heavy (non-hydrogen) atoms. The van der Waals surface area contributed by atoms with Gasteiger partial charge in [0, 0.05) is 19.6 Å². The highest BCUT2D eigenvalue weighted by molar-refractivity contribution is 5.32. The lowest BCUT2D eigenvalue weighted by atomic mass is 10.0. The zero-order valence-electron chi connectivity index (χ0n) is 12.1. The van der Waals surface area contributed by atoms with Gasteiger partial charge in [-0.2, -0.15) is 0 Å². The average molecular weight is 250 g/mol. The van der Waals surface area contributed by atoms with Gasteiger partial charge in [0.05, 0.1) is 13.2 Å². The van der Waals surface area contributed by atoms with E-state index >= 15 is 0 Å². The molecule has 102 valence electrons. The van der Waals surface area contributed by atoms with Crippen molar-refractivity contribution in [3.8, 4) is 0 Å². The number of rotatable bonds is 8. The fourth-order valence-electron chi connectivity index (χ4n) is 1.72. The molecular formula is C15H26N2O. The van der Waals surface area contributed by atoms with E-state index in [1.807, 2.05) is 0 Å². The minimum Gasteiger partial charge on any atom is -0.379 e. The maximum atomic E-state index is 5.53. The Kier molecular flexibility index (Phi) is 6.94. The Morgan fingerprint density at radius 1 is 1.17 bits per heavy atom. The number of nitrogens with zero attached hydrogens (tertiary/aromatic N) is 1. The third kappa shape index (κ3) is 5.63.